The number of hydrogen-bond donors (Lipinski definition) is 2. The SMILES string of the molecule is CC(C)C(C)(C#N)NC(=O)CN1CCCCC1CCO. The Morgan fingerprint density at radius 1 is 1.55 bits per heavy atom. The van der Waals surface area contributed by atoms with Crippen LogP contribution in [0.2, 0.25) is 0 Å². The van der Waals surface area contributed by atoms with Crippen molar-refractivity contribution < 1.29 is 9.90 Å². The van der Waals surface area contributed by atoms with Crippen molar-refractivity contribution in [2.45, 2.75) is 58.0 Å². The van der Waals surface area contributed by atoms with Crippen LogP contribution < -0.4 is 5.32 Å². The predicted molar refractivity (Wildman–Crippen MR) is 77.9 cm³/mol. The molecule has 1 saturated heterocycles. The lowest BCUT2D eigenvalue weighted by atomic mass is 9.90. The summed E-state index contributed by atoms with van der Waals surface area (Å²) in [5.74, 6) is -0.0429. The maximum absolute atomic E-state index is 12.2. The molecule has 0 aromatic carbocycles. The molecule has 1 fully saturated rings. The van der Waals surface area contributed by atoms with Gasteiger partial charge in [-0.3, -0.25) is 9.69 Å². The van der Waals surface area contributed by atoms with Gasteiger partial charge in [0.05, 0.1) is 12.6 Å². The zero-order chi connectivity index (χ0) is 15.2. The van der Waals surface area contributed by atoms with Gasteiger partial charge in [-0.15, -0.1) is 0 Å². The van der Waals surface area contributed by atoms with Crippen molar-refractivity contribution in [3.8, 4) is 6.07 Å². The van der Waals surface area contributed by atoms with E-state index in [0.717, 1.165) is 25.8 Å². The van der Waals surface area contributed by atoms with Gasteiger partial charge in [0.2, 0.25) is 5.91 Å². The van der Waals surface area contributed by atoms with Crippen LogP contribution in [0.15, 0.2) is 0 Å². The molecule has 1 heterocycles. The van der Waals surface area contributed by atoms with Crippen LogP contribution in [0.5, 0.6) is 0 Å². The molecule has 0 aromatic rings. The standard InChI is InChI=1S/C15H27N3O2/c1-12(2)15(3,11-16)17-14(20)10-18-8-5-4-6-13(18)7-9-19/h12-13,19H,4-10H2,1-3H3,(H,17,20). The minimum absolute atomic E-state index is 0.0612. The molecule has 2 unspecified atom stereocenters. The van der Waals surface area contributed by atoms with Crippen molar-refractivity contribution in [3.05, 3.63) is 0 Å². The first-order valence-corrected chi connectivity index (χ1v) is 7.50. The van der Waals surface area contributed by atoms with Gasteiger partial charge in [-0.05, 0) is 38.6 Å². The summed E-state index contributed by atoms with van der Waals surface area (Å²) in [7, 11) is 0. The maximum Gasteiger partial charge on any atom is 0.235 e. The second kappa shape index (κ2) is 7.61. The molecule has 0 spiro atoms. The molecule has 2 N–H and O–H groups in total. The lowest BCUT2D eigenvalue weighted by molar-refractivity contribution is -0.124. The molecule has 0 aromatic heterocycles. The second-order valence-corrected chi connectivity index (χ2v) is 6.15. The van der Waals surface area contributed by atoms with Crippen molar-refractivity contribution in [2.75, 3.05) is 19.7 Å². The van der Waals surface area contributed by atoms with E-state index in [-0.39, 0.29) is 24.5 Å². The number of carbonyl (C=O) groups is 1. The first-order valence-electron chi connectivity index (χ1n) is 7.50. The number of hydrogen-bond acceptors (Lipinski definition) is 4. The summed E-state index contributed by atoms with van der Waals surface area (Å²) in [5.41, 5.74) is -0.820. The Hall–Kier alpha value is -1.12. The normalized spacial score (nSPS) is 23.1. The van der Waals surface area contributed by atoms with Crippen LogP contribution in [0, 0.1) is 17.2 Å². The highest BCUT2D eigenvalue weighted by Gasteiger charge is 2.31. The summed E-state index contributed by atoms with van der Waals surface area (Å²) in [6.45, 7) is 6.98. The van der Waals surface area contributed by atoms with E-state index in [1.165, 1.54) is 0 Å². The quantitative estimate of drug-likeness (QED) is 0.769. The number of amides is 1. The van der Waals surface area contributed by atoms with Gasteiger partial charge in [-0.25, -0.2) is 0 Å². The molecule has 1 aliphatic heterocycles. The summed E-state index contributed by atoms with van der Waals surface area (Å²) in [5, 5.41) is 21.2. The Morgan fingerprint density at radius 3 is 2.80 bits per heavy atom. The number of aliphatic hydroxyl groups excluding tert-OH is 1. The third-order valence-corrected chi connectivity index (χ3v) is 4.34. The summed E-state index contributed by atoms with van der Waals surface area (Å²) in [6.07, 6.45) is 4.00. The lowest BCUT2D eigenvalue weighted by Crippen LogP contribution is -2.53. The molecule has 2 atom stereocenters. The van der Waals surface area contributed by atoms with Gasteiger partial charge < -0.3 is 10.4 Å². The van der Waals surface area contributed by atoms with E-state index in [1.807, 2.05) is 13.8 Å². The minimum Gasteiger partial charge on any atom is -0.396 e. The van der Waals surface area contributed by atoms with Crippen LogP contribution in [0.25, 0.3) is 0 Å². The monoisotopic (exact) mass is 281 g/mol. The first kappa shape index (κ1) is 16.9. The molecule has 5 heteroatoms. The Bertz CT molecular complexity index is 363. The van der Waals surface area contributed by atoms with E-state index in [4.69, 9.17) is 5.11 Å². The smallest absolute Gasteiger partial charge is 0.235 e. The van der Waals surface area contributed by atoms with E-state index in [1.54, 1.807) is 6.92 Å². The summed E-state index contributed by atoms with van der Waals surface area (Å²) < 4.78 is 0. The Labute approximate surface area is 122 Å². The fourth-order valence-electron chi connectivity index (χ4n) is 2.56. The van der Waals surface area contributed by atoms with Crippen molar-refractivity contribution in [3.63, 3.8) is 0 Å². The topological polar surface area (TPSA) is 76.4 Å². The van der Waals surface area contributed by atoms with E-state index >= 15 is 0 Å². The van der Waals surface area contributed by atoms with Crippen molar-refractivity contribution in [1.29, 1.82) is 5.26 Å². The second-order valence-electron chi connectivity index (χ2n) is 6.15. The number of piperidine rings is 1. The van der Waals surface area contributed by atoms with E-state index < -0.39 is 5.54 Å². The number of nitrogens with one attached hydrogen (secondary N) is 1. The molecule has 1 amide bonds. The molecule has 20 heavy (non-hydrogen) atoms. The maximum atomic E-state index is 12.2. The van der Waals surface area contributed by atoms with Crippen LogP contribution in [-0.4, -0.2) is 47.2 Å². The number of carbonyl (C=O) groups excluding carboxylic acids is 1. The molecule has 114 valence electrons. The molecular formula is C15H27N3O2. The predicted octanol–water partition coefficient (Wildman–Crippen LogP) is 1.28. The third kappa shape index (κ3) is 4.46. The highest BCUT2D eigenvalue weighted by molar-refractivity contribution is 5.79. The molecule has 0 radical (unpaired) electrons. The zero-order valence-electron chi connectivity index (χ0n) is 12.9. The Kier molecular flexibility index (Phi) is 6.44. The van der Waals surface area contributed by atoms with Crippen LogP contribution in [0.4, 0.5) is 0 Å². The average molecular weight is 281 g/mol. The van der Waals surface area contributed by atoms with Crippen LogP contribution >= 0.6 is 0 Å². The molecule has 5 nitrogen and oxygen atoms in total. The largest absolute Gasteiger partial charge is 0.396 e. The number of nitrogens with zero attached hydrogens (tertiary/aromatic N) is 2. The van der Waals surface area contributed by atoms with Gasteiger partial charge in [0.1, 0.15) is 5.54 Å². The minimum atomic E-state index is -0.820. The van der Waals surface area contributed by atoms with Crippen LogP contribution in [-0.2, 0) is 4.79 Å². The highest BCUT2D eigenvalue weighted by atomic mass is 16.3. The van der Waals surface area contributed by atoms with E-state index in [2.05, 4.69) is 16.3 Å². The number of rotatable bonds is 6. The molecule has 0 aliphatic carbocycles. The number of aliphatic hydroxyl groups is 1. The van der Waals surface area contributed by atoms with Gasteiger partial charge in [0.25, 0.3) is 0 Å². The third-order valence-electron chi connectivity index (χ3n) is 4.34. The van der Waals surface area contributed by atoms with Crippen molar-refractivity contribution >= 4 is 5.91 Å². The van der Waals surface area contributed by atoms with Gasteiger partial charge in [-0.2, -0.15) is 5.26 Å². The molecular weight excluding hydrogens is 254 g/mol. The van der Waals surface area contributed by atoms with E-state index in [9.17, 15) is 10.1 Å². The molecule has 0 bridgehead atoms. The van der Waals surface area contributed by atoms with E-state index in [0.29, 0.717) is 13.0 Å². The van der Waals surface area contributed by atoms with Crippen molar-refractivity contribution in [1.82, 2.24) is 10.2 Å². The fourth-order valence-corrected chi connectivity index (χ4v) is 2.56. The summed E-state index contributed by atoms with van der Waals surface area (Å²) in [4.78, 5) is 14.3. The fraction of sp³-hybridized carbons (Fsp3) is 0.867. The molecule has 0 saturated carbocycles. The van der Waals surface area contributed by atoms with Gasteiger partial charge in [0.15, 0.2) is 0 Å². The van der Waals surface area contributed by atoms with Gasteiger partial charge >= 0.3 is 0 Å². The van der Waals surface area contributed by atoms with Crippen LogP contribution in [0.1, 0.15) is 46.5 Å². The summed E-state index contributed by atoms with van der Waals surface area (Å²) in [6, 6.07) is 2.48. The van der Waals surface area contributed by atoms with Crippen molar-refractivity contribution in [2.24, 2.45) is 5.92 Å². The number of nitriles is 1. The highest BCUT2D eigenvalue weighted by Crippen LogP contribution is 2.20. The first-order chi connectivity index (χ1) is 9.42. The molecule has 1 rings (SSSR count). The van der Waals surface area contributed by atoms with Crippen LogP contribution in [0.3, 0.4) is 0 Å². The zero-order valence-corrected chi connectivity index (χ0v) is 12.9. The average Bonchev–Trinajstić information content (AvgIpc) is 2.40. The summed E-state index contributed by atoms with van der Waals surface area (Å²) >= 11 is 0. The lowest BCUT2D eigenvalue weighted by Gasteiger charge is -2.36. The Morgan fingerprint density at radius 2 is 2.25 bits per heavy atom. The Balaban J connectivity index is 2.58. The molecule has 1 aliphatic rings. The van der Waals surface area contributed by atoms with Gasteiger partial charge in [-0.1, -0.05) is 20.3 Å². The number of likely N-dealkylation sites (tertiary alicyclic amines) is 1. The van der Waals surface area contributed by atoms with Gasteiger partial charge in [0, 0.05) is 12.6 Å².